The van der Waals surface area contributed by atoms with Gasteiger partial charge in [0.2, 0.25) is 11.8 Å². The number of ether oxygens (including phenoxy) is 1. The number of nitrogens with zero attached hydrogens (tertiary/aromatic N) is 1. The Morgan fingerprint density at radius 2 is 2.05 bits per heavy atom. The Morgan fingerprint density at radius 1 is 1.35 bits per heavy atom. The minimum Gasteiger partial charge on any atom is -0.378 e. The third-order valence-electron chi connectivity index (χ3n) is 4.64. The van der Waals surface area contributed by atoms with Gasteiger partial charge < -0.3 is 10.1 Å². The molecule has 2 aliphatic rings. The van der Waals surface area contributed by atoms with Crippen molar-refractivity contribution in [3.05, 3.63) is 0 Å². The van der Waals surface area contributed by atoms with Crippen LogP contribution in [-0.2, 0) is 14.3 Å². The van der Waals surface area contributed by atoms with Crippen LogP contribution in [0.5, 0.6) is 0 Å². The predicted octanol–water partition coefficient (Wildman–Crippen LogP) is 1.32. The lowest BCUT2D eigenvalue weighted by atomic mass is 9.64. The molecule has 2 amide bonds. The summed E-state index contributed by atoms with van der Waals surface area (Å²) in [5.74, 6) is -0.111. The molecule has 0 aromatic rings. The molecule has 5 heteroatoms. The number of imide groups is 1. The Kier molecular flexibility index (Phi) is 4.49. The molecule has 1 aliphatic carbocycles. The van der Waals surface area contributed by atoms with Crippen molar-refractivity contribution < 1.29 is 14.3 Å². The molecule has 0 bridgehead atoms. The molecule has 20 heavy (non-hydrogen) atoms. The molecule has 1 heterocycles. The van der Waals surface area contributed by atoms with E-state index < -0.39 is 0 Å². The van der Waals surface area contributed by atoms with Crippen LogP contribution in [0.15, 0.2) is 0 Å². The largest absolute Gasteiger partial charge is 0.378 e. The highest BCUT2D eigenvalue weighted by Gasteiger charge is 2.51. The van der Waals surface area contributed by atoms with Crippen LogP contribution < -0.4 is 5.32 Å². The molecule has 3 atom stereocenters. The van der Waals surface area contributed by atoms with Crippen LogP contribution in [0.25, 0.3) is 0 Å². The summed E-state index contributed by atoms with van der Waals surface area (Å²) in [5.41, 5.74) is 0.0114. The number of rotatable bonds is 6. The van der Waals surface area contributed by atoms with Gasteiger partial charge in [-0.05, 0) is 19.8 Å². The number of amides is 2. The van der Waals surface area contributed by atoms with E-state index in [1.165, 1.54) is 4.90 Å². The summed E-state index contributed by atoms with van der Waals surface area (Å²) in [6.45, 7) is 9.53. The molecule has 1 saturated heterocycles. The van der Waals surface area contributed by atoms with E-state index in [-0.39, 0.29) is 35.4 Å². The van der Waals surface area contributed by atoms with Crippen molar-refractivity contribution in [3.8, 4) is 0 Å². The first-order chi connectivity index (χ1) is 9.41. The van der Waals surface area contributed by atoms with Crippen molar-refractivity contribution in [1.82, 2.24) is 10.2 Å². The molecule has 0 radical (unpaired) electrons. The molecule has 0 aromatic carbocycles. The van der Waals surface area contributed by atoms with Crippen molar-refractivity contribution in [2.24, 2.45) is 5.41 Å². The summed E-state index contributed by atoms with van der Waals surface area (Å²) in [5, 5.41) is 3.37. The van der Waals surface area contributed by atoms with E-state index in [2.05, 4.69) is 19.2 Å². The van der Waals surface area contributed by atoms with E-state index in [1.54, 1.807) is 0 Å². The zero-order valence-electron chi connectivity index (χ0n) is 12.9. The highest BCUT2D eigenvalue weighted by Crippen LogP contribution is 2.43. The number of likely N-dealkylation sites (tertiary alicyclic amines) is 1. The average molecular weight is 282 g/mol. The van der Waals surface area contributed by atoms with E-state index in [4.69, 9.17) is 4.74 Å². The summed E-state index contributed by atoms with van der Waals surface area (Å²) in [7, 11) is 0. The molecule has 0 aromatic heterocycles. The monoisotopic (exact) mass is 282 g/mol. The van der Waals surface area contributed by atoms with E-state index >= 15 is 0 Å². The Balaban J connectivity index is 1.92. The van der Waals surface area contributed by atoms with Gasteiger partial charge in [-0.15, -0.1) is 0 Å². The second kappa shape index (κ2) is 5.82. The first-order valence-electron chi connectivity index (χ1n) is 7.63. The van der Waals surface area contributed by atoms with Gasteiger partial charge in [-0.2, -0.15) is 0 Å². The van der Waals surface area contributed by atoms with Gasteiger partial charge in [-0.1, -0.05) is 20.8 Å². The smallest absolute Gasteiger partial charge is 0.246 e. The summed E-state index contributed by atoms with van der Waals surface area (Å²) >= 11 is 0. The topological polar surface area (TPSA) is 58.6 Å². The van der Waals surface area contributed by atoms with E-state index in [0.29, 0.717) is 19.6 Å². The molecular formula is C15H26N2O3. The summed E-state index contributed by atoms with van der Waals surface area (Å²) < 4.78 is 5.69. The predicted molar refractivity (Wildman–Crippen MR) is 76.2 cm³/mol. The van der Waals surface area contributed by atoms with Gasteiger partial charge in [0, 0.05) is 24.6 Å². The van der Waals surface area contributed by atoms with E-state index in [0.717, 1.165) is 12.8 Å². The first-order valence-corrected chi connectivity index (χ1v) is 7.63. The van der Waals surface area contributed by atoms with Gasteiger partial charge in [0.1, 0.15) is 0 Å². The van der Waals surface area contributed by atoms with Crippen LogP contribution in [0.4, 0.5) is 0 Å². The molecule has 114 valence electrons. The Labute approximate surface area is 121 Å². The second-order valence-electron chi connectivity index (χ2n) is 6.36. The fraction of sp³-hybridized carbons (Fsp3) is 0.867. The molecule has 1 saturated carbocycles. The highest BCUT2D eigenvalue weighted by atomic mass is 16.5. The lowest BCUT2D eigenvalue weighted by Gasteiger charge is -2.52. The van der Waals surface area contributed by atoms with Gasteiger partial charge >= 0.3 is 0 Å². The van der Waals surface area contributed by atoms with Crippen molar-refractivity contribution in [3.63, 3.8) is 0 Å². The minimum absolute atomic E-state index is 0.0114. The maximum absolute atomic E-state index is 12.2. The zero-order valence-corrected chi connectivity index (χ0v) is 12.9. The van der Waals surface area contributed by atoms with Gasteiger partial charge in [-0.3, -0.25) is 14.5 Å². The quantitative estimate of drug-likeness (QED) is 0.746. The maximum atomic E-state index is 12.2. The number of carbonyl (C=O) groups excluding carboxylic acids is 2. The van der Waals surface area contributed by atoms with Crippen LogP contribution in [0, 0.1) is 5.41 Å². The number of carbonyl (C=O) groups is 2. The maximum Gasteiger partial charge on any atom is 0.246 e. The zero-order chi connectivity index (χ0) is 14.9. The van der Waals surface area contributed by atoms with Crippen molar-refractivity contribution in [1.29, 1.82) is 0 Å². The molecule has 5 nitrogen and oxygen atoms in total. The summed E-state index contributed by atoms with van der Waals surface area (Å²) in [6.07, 6.45) is 2.26. The third kappa shape index (κ3) is 2.61. The molecular weight excluding hydrogens is 256 g/mol. The lowest BCUT2D eigenvalue weighted by Crippen LogP contribution is -2.63. The number of hydrogen-bond acceptors (Lipinski definition) is 4. The Hall–Kier alpha value is -0.940. The summed E-state index contributed by atoms with van der Waals surface area (Å²) in [6, 6.07) is -0.108. The molecule has 1 aliphatic heterocycles. The Morgan fingerprint density at radius 3 is 2.60 bits per heavy atom. The van der Waals surface area contributed by atoms with Gasteiger partial charge in [0.05, 0.1) is 18.6 Å². The van der Waals surface area contributed by atoms with Crippen LogP contribution in [0.2, 0.25) is 0 Å². The van der Waals surface area contributed by atoms with Crippen LogP contribution in [0.3, 0.4) is 0 Å². The third-order valence-corrected chi connectivity index (χ3v) is 4.64. The van der Waals surface area contributed by atoms with Crippen LogP contribution in [0.1, 0.15) is 47.0 Å². The minimum atomic E-state index is -0.346. The number of nitrogens with one attached hydrogen (secondary N) is 1. The van der Waals surface area contributed by atoms with Crippen LogP contribution >= 0.6 is 0 Å². The molecule has 2 rings (SSSR count). The molecule has 3 unspecified atom stereocenters. The lowest BCUT2D eigenvalue weighted by molar-refractivity contribution is -0.140. The Bertz CT molecular complexity index is 395. The van der Waals surface area contributed by atoms with Crippen LogP contribution in [-0.4, -0.2) is 48.1 Å². The molecule has 2 fully saturated rings. The van der Waals surface area contributed by atoms with Gasteiger partial charge in [-0.25, -0.2) is 0 Å². The average Bonchev–Trinajstić information content (AvgIpc) is 2.66. The van der Waals surface area contributed by atoms with Gasteiger partial charge in [0.25, 0.3) is 0 Å². The highest BCUT2D eigenvalue weighted by molar-refractivity contribution is 6.05. The standard InChI is InChI=1S/C15H26N2O3/c1-5-7-17-13(18)8-10(14(17)19)16-11-9-12(20-6-2)15(11,3)4/h10-12,16H,5-9H2,1-4H3. The van der Waals surface area contributed by atoms with E-state index in [9.17, 15) is 9.59 Å². The second-order valence-corrected chi connectivity index (χ2v) is 6.36. The number of hydrogen-bond donors (Lipinski definition) is 1. The fourth-order valence-corrected chi connectivity index (χ4v) is 3.17. The fourth-order valence-electron chi connectivity index (χ4n) is 3.17. The first kappa shape index (κ1) is 15.4. The summed E-state index contributed by atoms with van der Waals surface area (Å²) in [4.78, 5) is 25.4. The van der Waals surface area contributed by atoms with Crippen molar-refractivity contribution in [2.75, 3.05) is 13.2 Å². The molecule has 0 spiro atoms. The van der Waals surface area contributed by atoms with Crippen molar-refractivity contribution in [2.45, 2.75) is 65.1 Å². The SMILES string of the molecule is CCCN1C(=O)CC(NC2CC(OCC)C2(C)C)C1=O. The van der Waals surface area contributed by atoms with E-state index in [1.807, 2.05) is 13.8 Å². The normalized spacial score (nSPS) is 32.6. The van der Waals surface area contributed by atoms with Crippen molar-refractivity contribution >= 4 is 11.8 Å². The molecule has 1 N–H and O–H groups in total. The van der Waals surface area contributed by atoms with Gasteiger partial charge in [0.15, 0.2) is 0 Å².